The second-order valence-corrected chi connectivity index (χ2v) is 7.70. The summed E-state index contributed by atoms with van der Waals surface area (Å²) in [5, 5.41) is 3.40. The van der Waals surface area contributed by atoms with E-state index in [2.05, 4.69) is 5.32 Å². The van der Waals surface area contributed by atoms with Crippen LogP contribution in [0.15, 0.2) is 36.4 Å². The van der Waals surface area contributed by atoms with Crippen molar-refractivity contribution in [1.29, 1.82) is 0 Å². The van der Waals surface area contributed by atoms with E-state index in [0.29, 0.717) is 19.9 Å². The lowest BCUT2D eigenvalue weighted by atomic mass is 9.86. The fourth-order valence-electron chi connectivity index (χ4n) is 1.87. The van der Waals surface area contributed by atoms with Gasteiger partial charge in [0.2, 0.25) is 5.91 Å². The Morgan fingerprint density at radius 2 is 1.73 bits per heavy atom. The minimum absolute atomic E-state index is 0.0897. The maximum Gasteiger partial charge on any atom is 0.230 e. The van der Waals surface area contributed by atoms with E-state index in [1.807, 2.05) is 0 Å². The fourth-order valence-corrected chi connectivity index (χ4v) is 2.97. The molecule has 2 rings (SSSR count). The number of Topliss-reactive ketones (excluding diaryl/α,β-unsaturated/α-hetero) is 1. The lowest BCUT2D eigenvalue weighted by molar-refractivity contribution is -0.123. The Kier molecular flexibility index (Phi) is 5.27. The number of hydrogen-bond acceptors (Lipinski definition) is 3. The van der Waals surface area contributed by atoms with Gasteiger partial charge < -0.3 is 5.32 Å². The molecule has 1 heterocycles. The number of carbonyl (C=O) groups is 2. The van der Waals surface area contributed by atoms with Crippen molar-refractivity contribution in [2.75, 3.05) is 5.32 Å². The van der Waals surface area contributed by atoms with Crippen molar-refractivity contribution in [3.8, 4) is 0 Å². The summed E-state index contributed by atoms with van der Waals surface area (Å²) in [6.07, 6.45) is 0.114. The Labute approximate surface area is 143 Å². The van der Waals surface area contributed by atoms with Crippen LogP contribution >= 0.6 is 34.5 Å². The number of anilines is 1. The van der Waals surface area contributed by atoms with Crippen LogP contribution < -0.4 is 5.32 Å². The molecule has 0 atom stereocenters. The smallest absolute Gasteiger partial charge is 0.230 e. The van der Waals surface area contributed by atoms with Crippen LogP contribution in [-0.4, -0.2) is 11.7 Å². The molecule has 0 unspecified atom stereocenters. The first kappa shape index (κ1) is 17.0. The van der Waals surface area contributed by atoms with Gasteiger partial charge in [0.25, 0.3) is 0 Å². The molecule has 3 nitrogen and oxygen atoms in total. The van der Waals surface area contributed by atoms with E-state index in [9.17, 15) is 9.59 Å². The van der Waals surface area contributed by atoms with Gasteiger partial charge in [-0.15, -0.1) is 11.3 Å². The normalized spacial score (nSPS) is 11.3. The predicted molar refractivity (Wildman–Crippen MR) is 92.1 cm³/mol. The molecular formula is C16H15Cl2NO2S. The molecule has 1 aromatic carbocycles. The van der Waals surface area contributed by atoms with Gasteiger partial charge in [0.05, 0.1) is 14.6 Å². The van der Waals surface area contributed by atoms with Crippen molar-refractivity contribution in [1.82, 2.24) is 0 Å². The molecule has 1 aromatic heterocycles. The third-order valence-electron chi connectivity index (χ3n) is 3.17. The number of carbonyl (C=O) groups excluding carboxylic acids is 2. The van der Waals surface area contributed by atoms with Gasteiger partial charge in [-0.05, 0) is 36.4 Å². The monoisotopic (exact) mass is 355 g/mol. The Hall–Kier alpha value is -1.36. The van der Waals surface area contributed by atoms with Crippen LogP contribution in [0.5, 0.6) is 0 Å². The summed E-state index contributed by atoms with van der Waals surface area (Å²) < 4.78 is 0.562. The number of amides is 1. The third-order valence-corrected chi connectivity index (χ3v) is 4.69. The summed E-state index contributed by atoms with van der Waals surface area (Å²) in [7, 11) is 0. The molecular weight excluding hydrogens is 341 g/mol. The zero-order valence-electron chi connectivity index (χ0n) is 12.2. The van der Waals surface area contributed by atoms with E-state index in [1.165, 1.54) is 11.3 Å². The van der Waals surface area contributed by atoms with Gasteiger partial charge >= 0.3 is 0 Å². The van der Waals surface area contributed by atoms with Crippen molar-refractivity contribution in [3.05, 3.63) is 50.6 Å². The number of ketones is 1. The number of halogens is 2. The maximum atomic E-state index is 12.4. The first-order valence-electron chi connectivity index (χ1n) is 6.63. The first-order valence-corrected chi connectivity index (χ1v) is 8.21. The second-order valence-electron chi connectivity index (χ2n) is 5.55. The zero-order chi connectivity index (χ0) is 16.3. The van der Waals surface area contributed by atoms with Crippen LogP contribution in [0.3, 0.4) is 0 Å². The van der Waals surface area contributed by atoms with Crippen molar-refractivity contribution in [2.45, 2.75) is 20.3 Å². The summed E-state index contributed by atoms with van der Waals surface area (Å²) in [5.74, 6) is -0.306. The highest BCUT2D eigenvalue weighted by Crippen LogP contribution is 2.29. The summed E-state index contributed by atoms with van der Waals surface area (Å²) >= 11 is 12.9. The van der Waals surface area contributed by atoms with Crippen molar-refractivity contribution >= 4 is 51.9 Å². The molecule has 0 fully saturated rings. The molecule has 0 radical (unpaired) electrons. The topological polar surface area (TPSA) is 46.2 Å². The van der Waals surface area contributed by atoms with Gasteiger partial charge in [0, 0.05) is 17.1 Å². The minimum atomic E-state index is -0.826. The largest absolute Gasteiger partial charge is 0.326 e. The maximum absolute atomic E-state index is 12.4. The highest BCUT2D eigenvalue weighted by molar-refractivity contribution is 7.18. The fraction of sp³-hybridized carbons (Fsp3) is 0.250. The van der Waals surface area contributed by atoms with E-state index in [0.717, 1.165) is 0 Å². The van der Waals surface area contributed by atoms with E-state index in [4.69, 9.17) is 23.2 Å². The van der Waals surface area contributed by atoms with E-state index in [1.54, 1.807) is 50.2 Å². The molecule has 6 heteroatoms. The number of hydrogen-bond donors (Lipinski definition) is 1. The van der Waals surface area contributed by atoms with Crippen molar-refractivity contribution in [3.63, 3.8) is 0 Å². The summed E-state index contributed by atoms with van der Waals surface area (Å²) in [6.45, 7) is 3.48. The van der Waals surface area contributed by atoms with Crippen molar-refractivity contribution < 1.29 is 9.59 Å². The number of nitrogens with one attached hydrogen (secondary N) is 1. The number of rotatable bonds is 5. The molecule has 0 aliphatic rings. The summed E-state index contributed by atoms with van der Waals surface area (Å²) in [5.41, 5.74) is -0.179. The minimum Gasteiger partial charge on any atom is -0.326 e. The Morgan fingerprint density at radius 3 is 2.27 bits per heavy atom. The summed E-state index contributed by atoms with van der Waals surface area (Å²) in [6, 6.07) is 10.2. The van der Waals surface area contributed by atoms with E-state index < -0.39 is 5.41 Å². The number of benzene rings is 1. The average Bonchev–Trinajstić information content (AvgIpc) is 2.87. The molecule has 22 heavy (non-hydrogen) atoms. The van der Waals surface area contributed by atoms with Crippen LogP contribution in [0.1, 0.15) is 29.9 Å². The van der Waals surface area contributed by atoms with Crippen LogP contribution in [0, 0.1) is 5.41 Å². The van der Waals surface area contributed by atoms with Gasteiger partial charge in [-0.1, -0.05) is 37.0 Å². The van der Waals surface area contributed by atoms with Gasteiger partial charge in [-0.2, -0.15) is 0 Å². The lowest BCUT2D eigenvalue weighted by Crippen LogP contribution is -2.32. The highest BCUT2D eigenvalue weighted by atomic mass is 35.5. The molecule has 116 valence electrons. The van der Waals surface area contributed by atoms with Gasteiger partial charge in [0.15, 0.2) is 5.78 Å². The standard InChI is InChI=1S/C16H15Cl2NO2S/c1-16(2,9-12(20)13-7-8-14(18)22-13)15(21)19-11-5-3-10(17)4-6-11/h3-8H,9H2,1-2H3,(H,19,21). The second kappa shape index (κ2) is 6.82. The van der Waals surface area contributed by atoms with Crippen LogP contribution in [-0.2, 0) is 4.79 Å². The number of thiophene rings is 1. The van der Waals surface area contributed by atoms with Gasteiger partial charge in [0.1, 0.15) is 0 Å². The molecule has 0 spiro atoms. The van der Waals surface area contributed by atoms with Gasteiger partial charge in [-0.25, -0.2) is 0 Å². The first-order chi connectivity index (χ1) is 10.3. The SMILES string of the molecule is CC(C)(CC(=O)c1ccc(Cl)s1)C(=O)Nc1ccc(Cl)cc1. The quantitative estimate of drug-likeness (QED) is 0.740. The Morgan fingerprint density at radius 1 is 1.09 bits per heavy atom. The Balaban J connectivity index is 2.03. The molecule has 0 saturated heterocycles. The zero-order valence-corrected chi connectivity index (χ0v) is 14.5. The Bertz CT molecular complexity index is 692. The third kappa shape index (κ3) is 4.32. The van der Waals surface area contributed by atoms with Gasteiger partial charge in [-0.3, -0.25) is 9.59 Å². The van der Waals surface area contributed by atoms with Crippen LogP contribution in [0.2, 0.25) is 9.36 Å². The molecule has 0 saturated carbocycles. The molecule has 2 aromatic rings. The van der Waals surface area contributed by atoms with Crippen LogP contribution in [0.25, 0.3) is 0 Å². The van der Waals surface area contributed by atoms with E-state index >= 15 is 0 Å². The van der Waals surface area contributed by atoms with Crippen LogP contribution in [0.4, 0.5) is 5.69 Å². The predicted octanol–water partition coefficient (Wildman–Crippen LogP) is 5.29. The van der Waals surface area contributed by atoms with E-state index in [-0.39, 0.29) is 18.1 Å². The average molecular weight is 356 g/mol. The molecule has 1 N–H and O–H groups in total. The van der Waals surface area contributed by atoms with Crippen molar-refractivity contribution in [2.24, 2.45) is 5.41 Å². The molecule has 0 aliphatic carbocycles. The highest BCUT2D eigenvalue weighted by Gasteiger charge is 2.31. The summed E-state index contributed by atoms with van der Waals surface area (Å²) in [4.78, 5) is 25.2. The molecule has 0 bridgehead atoms. The molecule has 0 aliphatic heterocycles. The molecule has 1 amide bonds. The lowest BCUT2D eigenvalue weighted by Gasteiger charge is -2.22.